The van der Waals surface area contributed by atoms with Crippen LogP contribution in [0.25, 0.3) is 33.4 Å². The number of carboxylic acid groups (broad SMARTS) is 1. The van der Waals surface area contributed by atoms with Gasteiger partial charge in [0, 0.05) is 61.0 Å². The van der Waals surface area contributed by atoms with Crippen LogP contribution in [0.3, 0.4) is 0 Å². The molecule has 168 valence electrons. The number of benzene rings is 3. The molecular weight excluding hydrogens is 434 g/mol. The van der Waals surface area contributed by atoms with Gasteiger partial charge in [-0.25, -0.2) is 9.57 Å². The lowest BCUT2D eigenvalue weighted by atomic mass is 9.90. The zero-order valence-electron chi connectivity index (χ0n) is 19.2. The van der Waals surface area contributed by atoms with Crippen molar-refractivity contribution in [3.05, 3.63) is 71.6 Å². The van der Waals surface area contributed by atoms with Crippen molar-refractivity contribution in [3.8, 4) is 22.5 Å². The molecule has 2 aliphatic rings. The molecule has 0 amide bonds. The van der Waals surface area contributed by atoms with Crippen LogP contribution in [0.5, 0.6) is 0 Å². The van der Waals surface area contributed by atoms with Crippen LogP contribution < -0.4 is 19.9 Å². The Morgan fingerprint density at radius 3 is 2.36 bits per heavy atom. The molecule has 2 aromatic carbocycles. The van der Waals surface area contributed by atoms with Crippen molar-refractivity contribution in [2.45, 2.75) is 0 Å². The topological polar surface area (TPSA) is 71.9 Å². The minimum absolute atomic E-state index is 0.162. The summed E-state index contributed by atoms with van der Waals surface area (Å²) >= 11 is 4.14. The monoisotopic (exact) mass is 459 g/mol. The number of hydrogen-bond acceptors (Lipinski definition) is 6. The number of isothiocyanates is 1. The maximum Gasteiger partial charge on any atom is 0.203 e. The van der Waals surface area contributed by atoms with Gasteiger partial charge in [0.1, 0.15) is 25.4 Å². The molecule has 0 fully saturated rings. The van der Waals surface area contributed by atoms with Gasteiger partial charge in [-0.2, -0.15) is 0 Å². The predicted octanol–water partition coefficient (Wildman–Crippen LogP) is 3.38. The van der Waals surface area contributed by atoms with Crippen molar-refractivity contribution in [3.63, 3.8) is 0 Å². The van der Waals surface area contributed by atoms with Crippen LogP contribution in [0.2, 0.25) is 0 Å². The summed E-state index contributed by atoms with van der Waals surface area (Å²) in [5.74, 6) is -0.500. The van der Waals surface area contributed by atoms with Gasteiger partial charge in [-0.05, 0) is 36.0 Å². The largest absolute Gasteiger partial charge is 0.545 e. The molecule has 1 aliphatic carbocycles. The van der Waals surface area contributed by atoms with Crippen molar-refractivity contribution in [1.29, 1.82) is 0 Å². The molecule has 33 heavy (non-hydrogen) atoms. The van der Waals surface area contributed by atoms with Gasteiger partial charge in [0.25, 0.3) is 0 Å². The van der Waals surface area contributed by atoms with Gasteiger partial charge >= 0.3 is 0 Å². The van der Waals surface area contributed by atoms with Gasteiger partial charge in [0.2, 0.25) is 5.36 Å². The Kier molecular flexibility index (Phi) is 7.38. The van der Waals surface area contributed by atoms with Gasteiger partial charge in [-0.1, -0.05) is 24.3 Å². The Morgan fingerprint density at radius 1 is 1.06 bits per heavy atom. The number of aliphatic imine (C=N–C) groups is 1. The molecule has 4 rings (SSSR count). The smallest absolute Gasteiger partial charge is 0.203 e. The van der Waals surface area contributed by atoms with Crippen LogP contribution >= 0.6 is 12.2 Å². The summed E-state index contributed by atoms with van der Waals surface area (Å²) in [6.07, 6.45) is 0. The van der Waals surface area contributed by atoms with E-state index in [0.29, 0.717) is 16.9 Å². The SMILES string of the molecule is CN(C)c1ccc2c(-c3ccccc3C(=O)[O-])c3ccc(=[N+](C)C)cc-3oc2c1.CN=C=S. The van der Waals surface area contributed by atoms with E-state index in [9.17, 15) is 9.90 Å². The first-order valence-corrected chi connectivity index (χ1v) is 10.6. The second-order valence-electron chi connectivity index (χ2n) is 7.77. The maximum atomic E-state index is 11.8. The lowest BCUT2D eigenvalue weighted by Gasteiger charge is -2.19. The number of rotatable bonds is 3. The van der Waals surface area contributed by atoms with Crippen LogP contribution in [-0.2, 0) is 0 Å². The van der Waals surface area contributed by atoms with Crippen molar-refractivity contribution < 1.29 is 14.3 Å². The highest BCUT2D eigenvalue weighted by molar-refractivity contribution is 7.78. The van der Waals surface area contributed by atoms with Gasteiger partial charge in [0.05, 0.1) is 17.2 Å². The minimum Gasteiger partial charge on any atom is -0.545 e. The second kappa shape index (κ2) is 10.2. The first-order valence-electron chi connectivity index (χ1n) is 10.2. The molecule has 2 aromatic rings. The van der Waals surface area contributed by atoms with E-state index < -0.39 is 5.97 Å². The van der Waals surface area contributed by atoms with E-state index in [1.165, 1.54) is 0 Å². The average molecular weight is 460 g/mol. The summed E-state index contributed by atoms with van der Waals surface area (Å²) in [4.78, 5) is 17.1. The van der Waals surface area contributed by atoms with E-state index in [1.807, 2.05) is 86.2 Å². The number of anilines is 1. The Morgan fingerprint density at radius 2 is 1.76 bits per heavy atom. The highest BCUT2D eigenvalue weighted by Gasteiger charge is 2.20. The Labute approximate surface area is 198 Å². The molecule has 0 unspecified atom stereocenters. The summed E-state index contributed by atoms with van der Waals surface area (Å²) in [5, 5.41) is 15.8. The van der Waals surface area contributed by atoms with Gasteiger partial charge < -0.3 is 19.2 Å². The number of carbonyl (C=O) groups is 1. The number of fused-ring (bicyclic) bond motifs is 2. The van der Waals surface area contributed by atoms with Crippen molar-refractivity contribution in [1.82, 2.24) is 4.58 Å². The zero-order chi connectivity index (χ0) is 24.1. The van der Waals surface area contributed by atoms with E-state index in [0.717, 1.165) is 27.6 Å². The Balaban J connectivity index is 0.000000709. The van der Waals surface area contributed by atoms with Gasteiger partial charge in [-0.3, -0.25) is 0 Å². The summed E-state index contributed by atoms with van der Waals surface area (Å²) in [5.41, 5.74) is 4.17. The molecule has 6 nitrogen and oxygen atoms in total. The van der Waals surface area contributed by atoms with Crippen LogP contribution in [0.4, 0.5) is 5.69 Å². The summed E-state index contributed by atoms with van der Waals surface area (Å²) in [6.45, 7) is 0. The molecule has 0 bridgehead atoms. The van der Waals surface area contributed by atoms with Gasteiger partial charge in [-0.15, -0.1) is 0 Å². The maximum absolute atomic E-state index is 11.8. The van der Waals surface area contributed by atoms with Crippen LogP contribution in [-0.4, -0.2) is 46.4 Å². The Hall–Kier alpha value is -3.80. The number of aromatic carboxylic acids is 1. The molecule has 0 radical (unpaired) electrons. The number of carboxylic acids is 1. The third-order valence-electron chi connectivity index (χ3n) is 5.23. The normalized spacial score (nSPS) is 10.2. The number of hydrogen-bond donors (Lipinski definition) is 0. The number of thiocarbonyl (C=S) groups is 1. The molecule has 0 N–H and O–H groups in total. The fourth-order valence-electron chi connectivity index (χ4n) is 3.59. The minimum atomic E-state index is -1.20. The molecule has 0 saturated carbocycles. The van der Waals surface area contributed by atoms with E-state index in [2.05, 4.69) is 22.4 Å². The van der Waals surface area contributed by atoms with Crippen LogP contribution in [0.15, 0.2) is 70.1 Å². The molecule has 0 spiro atoms. The first-order chi connectivity index (χ1) is 15.8. The highest BCUT2D eigenvalue weighted by Crippen LogP contribution is 2.41. The highest BCUT2D eigenvalue weighted by atomic mass is 32.1. The molecule has 1 heterocycles. The molecule has 0 saturated heterocycles. The molecule has 1 aliphatic heterocycles. The van der Waals surface area contributed by atoms with Crippen LogP contribution in [0, 0.1) is 0 Å². The summed E-state index contributed by atoms with van der Waals surface area (Å²) in [6, 6.07) is 18.9. The van der Waals surface area contributed by atoms with Crippen molar-refractivity contribution in [2.75, 3.05) is 40.1 Å². The molecule has 0 atom stereocenters. The standard InChI is InChI=1S/C24H22N2O3.C2H3NS/c1-25(2)15-9-11-19-21(13-15)29-22-14-16(26(3)4)10-12-20(22)23(19)17-7-5-6-8-18(17)24(27)28;1-3-2-4/h5-14H,1-4H3;1H3. The van der Waals surface area contributed by atoms with Crippen LogP contribution in [0.1, 0.15) is 10.4 Å². The third-order valence-corrected chi connectivity index (χ3v) is 5.41. The fraction of sp³-hybridized carbons (Fsp3) is 0.192. The molecular formula is C26H25N3O3S. The summed E-state index contributed by atoms with van der Waals surface area (Å²) in [7, 11) is 9.47. The van der Waals surface area contributed by atoms with E-state index in [4.69, 9.17) is 4.42 Å². The average Bonchev–Trinajstić information content (AvgIpc) is 2.81. The zero-order valence-corrected chi connectivity index (χ0v) is 20.1. The molecule has 7 heteroatoms. The van der Waals surface area contributed by atoms with Crippen molar-refractivity contribution >= 4 is 40.0 Å². The predicted molar refractivity (Wildman–Crippen MR) is 135 cm³/mol. The quantitative estimate of drug-likeness (QED) is 0.203. The van der Waals surface area contributed by atoms with E-state index >= 15 is 0 Å². The second-order valence-corrected chi connectivity index (χ2v) is 7.96. The molecule has 0 aromatic heterocycles. The third kappa shape index (κ3) is 5.00. The van der Waals surface area contributed by atoms with E-state index in [-0.39, 0.29) is 5.56 Å². The number of nitrogens with zero attached hydrogens (tertiary/aromatic N) is 3. The first kappa shape index (κ1) is 23.9. The number of carbonyl (C=O) groups excluding carboxylic acids is 1. The van der Waals surface area contributed by atoms with Gasteiger partial charge in [0.15, 0.2) is 0 Å². The fourth-order valence-corrected chi connectivity index (χ4v) is 3.59. The van der Waals surface area contributed by atoms with E-state index in [1.54, 1.807) is 19.2 Å². The lowest BCUT2D eigenvalue weighted by molar-refractivity contribution is -0.254. The lowest BCUT2D eigenvalue weighted by Crippen LogP contribution is -2.23. The summed E-state index contributed by atoms with van der Waals surface area (Å²) < 4.78 is 8.28. The Bertz CT molecular complexity index is 1410. The van der Waals surface area contributed by atoms with Crippen molar-refractivity contribution in [2.24, 2.45) is 4.99 Å².